The molecule has 0 amide bonds. The van der Waals surface area contributed by atoms with E-state index in [2.05, 4.69) is 31.4 Å². The molecule has 15 heavy (non-hydrogen) atoms. The second-order valence-corrected chi connectivity index (χ2v) is 6.23. The Morgan fingerprint density at radius 1 is 1.33 bits per heavy atom. The summed E-state index contributed by atoms with van der Waals surface area (Å²) in [7, 11) is 0. The van der Waals surface area contributed by atoms with Crippen molar-refractivity contribution < 1.29 is 0 Å². The van der Waals surface area contributed by atoms with Gasteiger partial charge in [-0.3, -0.25) is 0 Å². The van der Waals surface area contributed by atoms with Crippen molar-refractivity contribution in [3.05, 3.63) is 0 Å². The summed E-state index contributed by atoms with van der Waals surface area (Å²) in [6.07, 6.45) is 4.16. The lowest BCUT2D eigenvalue weighted by molar-refractivity contribution is 0.288. The maximum absolute atomic E-state index is 3.64. The molecule has 2 nitrogen and oxygen atoms in total. The van der Waals surface area contributed by atoms with Gasteiger partial charge in [-0.2, -0.15) is 0 Å². The van der Waals surface area contributed by atoms with Crippen molar-refractivity contribution in [2.75, 3.05) is 19.6 Å². The average molecular weight is 210 g/mol. The van der Waals surface area contributed by atoms with Crippen LogP contribution in [0.5, 0.6) is 0 Å². The number of nitrogens with one attached hydrogen (secondary N) is 2. The molecule has 0 radical (unpaired) electrons. The van der Waals surface area contributed by atoms with Gasteiger partial charge >= 0.3 is 0 Å². The summed E-state index contributed by atoms with van der Waals surface area (Å²) in [5.41, 5.74) is 0.624. The molecule has 1 aliphatic heterocycles. The molecular weight excluding hydrogens is 184 g/mol. The third-order valence-corrected chi connectivity index (χ3v) is 4.40. The second-order valence-electron chi connectivity index (χ2n) is 6.23. The molecule has 2 heteroatoms. The minimum atomic E-state index is 0.624. The van der Waals surface area contributed by atoms with Crippen molar-refractivity contribution >= 4 is 0 Å². The van der Waals surface area contributed by atoms with Crippen molar-refractivity contribution in [2.45, 2.75) is 46.1 Å². The van der Waals surface area contributed by atoms with Gasteiger partial charge in [-0.1, -0.05) is 20.8 Å². The van der Waals surface area contributed by atoms with E-state index in [0.717, 1.165) is 18.4 Å². The van der Waals surface area contributed by atoms with Gasteiger partial charge in [0, 0.05) is 12.6 Å². The molecule has 3 atom stereocenters. The molecule has 2 rings (SSSR count). The SMILES string of the molecule is CC1CCCNC1CNCC1CC1(C)C. The Kier molecular flexibility index (Phi) is 3.36. The van der Waals surface area contributed by atoms with Gasteiger partial charge in [0.15, 0.2) is 0 Å². The molecule has 0 aromatic carbocycles. The van der Waals surface area contributed by atoms with Crippen molar-refractivity contribution in [3.63, 3.8) is 0 Å². The van der Waals surface area contributed by atoms with Crippen LogP contribution in [0.4, 0.5) is 0 Å². The Balaban J connectivity index is 1.61. The Bertz CT molecular complexity index is 213. The molecule has 2 fully saturated rings. The summed E-state index contributed by atoms with van der Waals surface area (Å²) in [5.74, 6) is 1.77. The minimum Gasteiger partial charge on any atom is -0.315 e. The van der Waals surface area contributed by atoms with Gasteiger partial charge < -0.3 is 10.6 Å². The Labute approximate surface area is 94.2 Å². The summed E-state index contributed by atoms with van der Waals surface area (Å²) in [6.45, 7) is 10.7. The van der Waals surface area contributed by atoms with E-state index in [1.165, 1.54) is 32.4 Å². The largest absolute Gasteiger partial charge is 0.315 e. The second kappa shape index (κ2) is 4.42. The van der Waals surface area contributed by atoms with Crippen LogP contribution < -0.4 is 10.6 Å². The van der Waals surface area contributed by atoms with E-state index in [9.17, 15) is 0 Å². The first-order valence-corrected chi connectivity index (χ1v) is 6.54. The standard InChI is InChI=1S/C13H26N2/c1-10-5-4-6-15-12(10)9-14-8-11-7-13(11,2)3/h10-12,14-15H,4-9H2,1-3H3. The maximum atomic E-state index is 3.64. The predicted molar refractivity (Wildman–Crippen MR) is 64.9 cm³/mol. The first kappa shape index (κ1) is 11.4. The van der Waals surface area contributed by atoms with Gasteiger partial charge in [-0.25, -0.2) is 0 Å². The van der Waals surface area contributed by atoms with Crippen LogP contribution in [-0.4, -0.2) is 25.7 Å². The van der Waals surface area contributed by atoms with E-state index in [4.69, 9.17) is 0 Å². The lowest BCUT2D eigenvalue weighted by Gasteiger charge is -2.30. The third kappa shape index (κ3) is 2.94. The smallest absolute Gasteiger partial charge is 0.0218 e. The molecule has 1 saturated carbocycles. The predicted octanol–water partition coefficient (Wildman–Crippen LogP) is 2.01. The maximum Gasteiger partial charge on any atom is 0.0218 e. The summed E-state index contributed by atoms with van der Waals surface area (Å²) < 4.78 is 0. The molecule has 0 bridgehead atoms. The molecule has 0 spiro atoms. The normalized spacial score (nSPS) is 39.0. The van der Waals surface area contributed by atoms with Gasteiger partial charge in [0.25, 0.3) is 0 Å². The van der Waals surface area contributed by atoms with Gasteiger partial charge in [-0.05, 0) is 49.6 Å². The monoisotopic (exact) mass is 210 g/mol. The minimum absolute atomic E-state index is 0.624. The van der Waals surface area contributed by atoms with E-state index in [1.54, 1.807) is 0 Å². The fraction of sp³-hybridized carbons (Fsp3) is 1.00. The highest BCUT2D eigenvalue weighted by Gasteiger charge is 2.44. The van der Waals surface area contributed by atoms with Crippen LogP contribution in [0.1, 0.15) is 40.0 Å². The molecule has 0 aromatic heterocycles. The Hall–Kier alpha value is -0.0800. The van der Waals surface area contributed by atoms with Crippen molar-refractivity contribution in [3.8, 4) is 0 Å². The zero-order chi connectivity index (χ0) is 10.9. The van der Waals surface area contributed by atoms with Crippen LogP contribution in [0.3, 0.4) is 0 Å². The van der Waals surface area contributed by atoms with Crippen LogP contribution >= 0.6 is 0 Å². The number of hydrogen-bond donors (Lipinski definition) is 2. The quantitative estimate of drug-likeness (QED) is 0.742. The summed E-state index contributed by atoms with van der Waals surface area (Å²) in [5, 5.41) is 7.26. The van der Waals surface area contributed by atoms with E-state index in [1.807, 2.05) is 0 Å². The lowest BCUT2D eigenvalue weighted by atomic mass is 9.93. The van der Waals surface area contributed by atoms with Gasteiger partial charge in [0.05, 0.1) is 0 Å². The van der Waals surface area contributed by atoms with E-state index < -0.39 is 0 Å². The zero-order valence-corrected chi connectivity index (χ0v) is 10.5. The van der Waals surface area contributed by atoms with Crippen molar-refractivity contribution in [1.82, 2.24) is 10.6 Å². The van der Waals surface area contributed by atoms with Crippen LogP contribution in [0.25, 0.3) is 0 Å². The molecule has 2 N–H and O–H groups in total. The van der Waals surface area contributed by atoms with Crippen LogP contribution in [0.2, 0.25) is 0 Å². The van der Waals surface area contributed by atoms with Crippen LogP contribution in [-0.2, 0) is 0 Å². The average Bonchev–Trinajstić information content (AvgIpc) is 2.78. The van der Waals surface area contributed by atoms with Gasteiger partial charge in [-0.15, -0.1) is 0 Å². The zero-order valence-electron chi connectivity index (χ0n) is 10.5. The first-order valence-electron chi connectivity index (χ1n) is 6.54. The number of piperidine rings is 1. The molecule has 88 valence electrons. The highest BCUT2D eigenvalue weighted by atomic mass is 15.0. The third-order valence-electron chi connectivity index (χ3n) is 4.40. The van der Waals surface area contributed by atoms with Gasteiger partial charge in [0.2, 0.25) is 0 Å². The molecule has 3 unspecified atom stereocenters. The molecule has 1 heterocycles. The van der Waals surface area contributed by atoms with Crippen molar-refractivity contribution in [1.29, 1.82) is 0 Å². The molecule has 0 aromatic rings. The summed E-state index contributed by atoms with van der Waals surface area (Å²) >= 11 is 0. The topological polar surface area (TPSA) is 24.1 Å². The molecule has 1 saturated heterocycles. The fourth-order valence-corrected chi connectivity index (χ4v) is 2.72. The summed E-state index contributed by atoms with van der Waals surface area (Å²) in [4.78, 5) is 0. The number of rotatable bonds is 4. The number of hydrogen-bond acceptors (Lipinski definition) is 2. The van der Waals surface area contributed by atoms with Gasteiger partial charge in [0.1, 0.15) is 0 Å². The van der Waals surface area contributed by atoms with E-state index in [-0.39, 0.29) is 0 Å². The molecular formula is C13H26N2. The highest BCUT2D eigenvalue weighted by Crippen LogP contribution is 2.50. The Morgan fingerprint density at radius 2 is 2.07 bits per heavy atom. The van der Waals surface area contributed by atoms with E-state index >= 15 is 0 Å². The fourth-order valence-electron chi connectivity index (χ4n) is 2.72. The van der Waals surface area contributed by atoms with Crippen molar-refractivity contribution in [2.24, 2.45) is 17.3 Å². The lowest BCUT2D eigenvalue weighted by Crippen LogP contribution is -2.47. The van der Waals surface area contributed by atoms with Crippen LogP contribution in [0.15, 0.2) is 0 Å². The molecule has 1 aliphatic carbocycles. The summed E-state index contributed by atoms with van der Waals surface area (Å²) in [6, 6.07) is 0.709. The molecule has 2 aliphatic rings. The van der Waals surface area contributed by atoms with Crippen LogP contribution in [0, 0.1) is 17.3 Å². The Morgan fingerprint density at radius 3 is 2.67 bits per heavy atom. The van der Waals surface area contributed by atoms with E-state index in [0.29, 0.717) is 11.5 Å². The first-order chi connectivity index (χ1) is 7.09. The highest BCUT2D eigenvalue weighted by molar-refractivity contribution is 4.96.